The van der Waals surface area contributed by atoms with Crippen molar-refractivity contribution in [2.24, 2.45) is 0 Å². The average Bonchev–Trinajstić information content (AvgIpc) is 4.17. The summed E-state index contributed by atoms with van der Waals surface area (Å²) in [6.07, 6.45) is 0. The first kappa shape index (κ1) is 50.3. The first-order valence-electron chi connectivity index (χ1n) is 27.5. The van der Waals surface area contributed by atoms with Gasteiger partial charge in [0, 0.05) is 45.3 Å². The number of hydrogen-bond acceptors (Lipinski definition) is 5. The van der Waals surface area contributed by atoms with Crippen LogP contribution in [-0.4, -0.2) is 26.3 Å². The maximum absolute atomic E-state index is 6.62. The second-order valence-corrected chi connectivity index (χ2v) is 27.8. The molecule has 0 atom stereocenters. The molecule has 0 spiro atoms. The zero-order chi connectivity index (χ0) is 54.3. The van der Waals surface area contributed by atoms with Crippen molar-refractivity contribution in [2.75, 3.05) is 9.80 Å². The number of anilines is 6. The van der Waals surface area contributed by atoms with Gasteiger partial charge in [-0.05, 0) is 139 Å². The van der Waals surface area contributed by atoms with Crippen molar-refractivity contribution in [3.63, 3.8) is 0 Å². The fourth-order valence-electron chi connectivity index (χ4n) is 11.9. The Morgan fingerprint density at radius 3 is 0.617 bits per heavy atom. The van der Waals surface area contributed by atoms with E-state index in [1.54, 1.807) is 0 Å². The lowest BCUT2D eigenvalue weighted by atomic mass is 10.2. The monoisotopic (exact) mass is 1070 g/mol. The zero-order valence-electron chi connectivity index (χ0n) is 44.5. The van der Waals surface area contributed by atoms with E-state index in [0.29, 0.717) is 11.8 Å². The summed E-state index contributed by atoms with van der Waals surface area (Å²) in [6.45, 7) is 0. The molecule has 81 heavy (non-hydrogen) atoms. The molecule has 13 rings (SSSR count). The van der Waals surface area contributed by atoms with Gasteiger partial charge >= 0.3 is 0 Å². The van der Waals surface area contributed by atoms with Crippen LogP contribution in [-0.2, 0) is 0 Å². The van der Waals surface area contributed by atoms with Crippen molar-refractivity contribution in [3.8, 4) is 22.9 Å². The smallest absolute Gasteiger partial charge is 0.248 e. The highest BCUT2D eigenvalue weighted by molar-refractivity contribution is 7.20. The predicted octanol–water partition coefficient (Wildman–Crippen LogP) is 13.1. The molecule has 12 aromatic carbocycles. The Bertz CT molecular complexity index is 3670. The zero-order valence-corrected chi connectivity index (χ0v) is 46.5. The van der Waals surface area contributed by atoms with Crippen LogP contribution >= 0.6 is 0 Å². The maximum atomic E-state index is 6.62. The minimum Gasteiger partial charge on any atom is -0.416 e. The van der Waals surface area contributed by atoms with Gasteiger partial charge in [-0.1, -0.05) is 243 Å². The third-order valence-electron chi connectivity index (χ3n) is 15.6. The normalized spacial score (nSPS) is 11.5. The third kappa shape index (κ3) is 9.61. The minimum absolute atomic E-state index is 0.469. The van der Waals surface area contributed by atoms with E-state index in [2.05, 4.69) is 360 Å². The lowest BCUT2D eigenvalue weighted by Gasteiger charge is -2.35. The number of hydrogen-bond donors (Lipinski definition) is 0. The number of benzene rings is 12. The van der Waals surface area contributed by atoms with Crippen LogP contribution in [0.1, 0.15) is 0 Å². The molecule has 0 saturated heterocycles. The summed E-state index contributed by atoms with van der Waals surface area (Å²) in [6, 6.07) is 123. The summed E-state index contributed by atoms with van der Waals surface area (Å²) in [4.78, 5) is 4.63. The van der Waals surface area contributed by atoms with Crippen LogP contribution in [0.5, 0.6) is 0 Å². The van der Waals surface area contributed by atoms with Crippen LogP contribution in [0.25, 0.3) is 22.9 Å². The lowest BCUT2D eigenvalue weighted by molar-refractivity contribution is 0.584. The fraction of sp³-hybridized carbons (Fsp3) is 0. The third-order valence-corrected chi connectivity index (χ3v) is 25.2. The van der Waals surface area contributed by atoms with Crippen molar-refractivity contribution >= 4 is 91.8 Å². The summed E-state index contributed by atoms with van der Waals surface area (Å²) in [5, 5.41) is 19.6. The lowest BCUT2D eigenvalue weighted by Crippen LogP contribution is -2.74. The molecule has 0 aliphatic rings. The van der Waals surface area contributed by atoms with E-state index in [1.165, 1.54) is 41.5 Å². The Labute approximate surface area is 476 Å². The van der Waals surface area contributed by atoms with Gasteiger partial charge in [-0.2, -0.15) is 0 Å². The summed E-state index contributed by atoms with van der Waals surface area (Å²) >= 11 is 0. The quantitative estimate of drug-likeness (QED) is 0.0713. The van der Waals surface area contributed by atoms with Crippen LogP contribution in [0.2, 0.25) is 0 Å². The highest BCUT2D eigenvalue weighted by Crippen LogP contribution is 2.36. The molecule has 0 unspecified atom stereocenters. The highest BCUT2D eigenvalue weighted by atomic mass is 28.3. The Kier molecular flexibility index (Phi) is 14.1. The van der Waals surface area contributed by atoms with Gasteiger partial charge in [0.1, 0.15) is 0 Å². The number of rotatable bonds is 16. The molecule has 7 heteroatoms. The number of nitrogens with zero attached hydrogens (tertiary/aromatic N) is 4. The largest absolute Gasteiger partial charge is 0.416 e. The molecule has 0 radical (unpaired) electrons. The molecular weight excluding hydrogens is 1020 g/mol. The van der Waals surface area contributed by atoms with Crippen LogP contribution in [0, 0.1) is 0 Å². The van der Waals surface area contributed by atoms with Gasteiger partial charge in [0.15, 0.2) is 16.1 Å². The molecular formula is C74H56N4OSi2. The second-order valence-electron chi connectivity index (χ2n) is 20.1. The first-order valence-corrected chi connectivity index (χ1v) is 31.5. The molecule has 1 aromatic heterocycles. The predicted molar refractivity (Wildman–Crippen MR) is 342 cm³/mol. The van der Waals surface area contributed by atoms with E-state index in [4.69, 9.17) is 4.42 Å². The standard InChI is InChI=1S/C74H56N4OSi2/c1-9-25-59(26-10-1)77(60-27-11-2-12-28-60)63-45-53-71(54-46-63)80(65-33-17-5-18-34-65,66-35-19-6-20-36-66)69-49-41-57(42-50-69)73-75-76-74(79-73)58-43-51-70(52-44-58)81(67-37-21-7-22-38-67,68-39-23-8-24-40-68)72-55-47-64(48-56-72)78(61-29-13-3-14-30-61)62-31-15-4-16-32-62/h1-56H. The first-order chi connectivity index (χ1) is 40.2. The topological polar surface area (TPSA) is 45.4 Å². The van der Waals surface area contributed by atoms with E-state index >= 15 is 0 Å². The summed E-state index contributed by atoms with van der Waals surface area (Å²) < 4.78 is 6.62. The van der Waals surface area contributed by atoms with Crippen molar-refractivity contribution < 1.29 is 4.42 Å². The average molecular weight is 1070 g/mol. The van der Waals surface area contributed by atoms with Gasteiger partial charge in [-0.25, -0.2) is 0 Å². The Hall–Kier alpha value is -10.2. The highest BCUT2D eigenvalue weighted by Gasteiger charge is 2.43. The second kappa shape index (κ2) is 22.6. The van der Waals surface area contributed by atoms with Crippen molar-refractivity contribution in [1.29, 1.82) is 0 Å². The molecule has 0 amide bonds. The van der Waals surface area contributed by atoms with E-state index in [9.17, 15) is 0 Å². The van der Waals surface area contributed by atoms with Crippen molar-refractivity contribution in [2.45, 2.75) is 0 Å². The van der Waals surface area contributed by atoms with Crippen molar-refractivity contribution in [3.05, 3.63) is 340 Å². The summed E-state index contributed by atoms with van der Waals surface area (Å²) in [5.41, 5.74) is 8.30. The molecule has 0 aliphatic heterocycles. The number of aromatic nitrogens is 2. The maximum Gasteiger partial charge on any atom is 0.248 e. The van der Waals surface area contributed by atoms with Gasteiger partial charge in [0.05, 0.1) is 0 Å². The summed E-state index contributed by atoms with van der Waals surface area (Å²) in [5.74, 6) is 0.937. The van der Waals surface area contributed by atoms with Crippen molar-refractivity contribution in [1.82, 2.24) is 10.2 Å². The number of para-hydroxylation sites is 4. The SMILES string of the molecule is c1ccc(N(c2ccccc2)c2ccc([Si](c3ccccc3)(c3ccccc3)c3ccc(-c4nnc(-c5ccc([Si](c6ccccc6)(c6ccccc6)c6ccc(N(c7ccccc7)c7ccccc7)cc6)cc5)o4)cc3)cc2)cc1. The van der Waals surface area contributed by atoms with Gasteiger partial charge in [0.25, 0.3) is 0 Å². The molecule has 13 aromatic rings. The van der Waals surface area contributed by atoms with Crippen LogP contribution in [0.15, 0.2) is 344 Å². The van der Waals surface area contributed by atoms with Gasteiger partial charge < -0.3 is 14.2 Å². The molecule has 0 aliphatic carbocycles. The molecule has 386 valence electrons. The van der Waals surface area contributed by atoms with Crippen LogP contribution in [0.3, 0.4) is 0 Å². The van der Waals surface area contributed by atoms with Crippen LogP contribution < -0.4 is 51.3 Å². The Morgan fingerprint density at radius 1 is 0.198 bits per heavy atom. The summed E-state index contributed by atoms with van der Waals surface area (Å²) in [7, 11) is -5.81. The molecule has 0 bridgehead atoms. The van der Waals surface area contributed by atoms with E-state index in [1.807, 2.05) is 0 Å². The fourth-order valence-corrected chi connectivity index (χ4v) is 21.3. The van der Waals surface area contributed by atoms with E-state index < -0.39 is 16.1 Å². The molecule has 5 nitrogen and oxygen atoms in total. The Morgan fingerprint density at radius 2 is 0.383 bits per heavy atom. The Balaban J connectivity index is 0.854. The van der Waals surface area contributed by atoms with Gasteiger partial charge in [0.2, 0.25) is 11.8 Å². The molecule has 0 N–H and O–H groups in total. The van der Waals surface area contributed by atoms with Gasteiger partial charge in [-0.15, -0.1) is 10.2 Å². The minimum atomic E-state index is -2.90. The van der Waals surface area contributed by atoms with Crippen LogP contribution in [0.4, 0.5) is 34.1 Å². The molecule has 0 saturated carbocycles. The molecule has 1 heterocycles. The van der Waals surface area contributed by atoms with E-state index in [-0.39, 0.29) is 0 Å². The molecule has 0 fully saturated rings. The van der Waals surface area contributed by atoms with Gasteiger partial charge in [-0.3, -0.25) is 0 Å². The van der Waals surface area contributed by atoms with E-state index in [0.717, 1.165) is 45.3 Å².